The molecule has 0 radical (unpaired) electrons. The summed E-state index contributed by atoms with van der Waals surface area (Å²) in [7, 11) is 0. The molecule has 17 heteroatoms. The highest BCUT2D eigenvalue weighted by Gasteiger charge is 2.59. The van der Waals surface area contributed by atoms with Crippen molar-refractivity contribution in [3.05, 3.63) is 82.4 Å². The average Bonchev–Trinajstić information content (AvgIpc) is 3.26. The number of nitrogens with one attached hydrogen (secondary N) is 4. The fraction of sp³-hybridized carbons (Fsp3) is 0.375. The summed E-state index contributed by atoms with van der Waals surface area (Å²) in [6.45, 7) is 4.40. The van der Waals surface area contributed by atoms with Crippen LogP contribution < -0.4 is 27.0 Å². The van der Waals surface area contributed by atoms with Gasteiger partial charge >= 0.3 is 17.7 Å². The Kier molecular flexibility index (Phi) is 11.4. The monoisotopic (exact) mass is 686 g/mol. The number of anilines is 3. The van der Waals surface area contributed by atoms with Gasteiger partial charge < -0.3 is 35.6 Å². The van der Waals surface area contributed by atoms with Gasteiger partial charge in [0, 0.05) is 31.1 Å². The topological polar surface area (TPSA) is 210 Å². The van der Waals surface area contributed by atoms with Crippen LogP contribution in [0, 0.1) is 0 Å². The van der Waals surface area contributed by atoms with Gasteiger partial charge in [-0.1, -0.05) is 24.3 Å². The van der Waals surface area contributed by atoms with E-state index in [0.29, 0.717) is 27.1 Å². The van der Waals surface area contributed by atoms with E-state index in [1.165, 1.54) is 0 Å². The molecule has 0 bridgehead atoms. The van der Waals surface area contributed by atoms with Gasteiger partial charge in [0.1, 0.15) is 17.5 Å². The van der Waals surface area contributed by atoms with E-state index in [1.807, 2.05) is 0 Å². The lowest BCUT2D eigenvalue weighted by Gasteiger charge is -2.21. The van der Waals surface area contributed by atoms with Crippen LogP contribution in [0.5, 0.6) is 0 Å². The van der Waals surface area contributed by atoms with Crippen molar-refractivity contribution < 1.29 is 47.6 Å². The zero-order valence-corrected chi connectivity index (χ0v) is 26.7. The fourth-order valence-electron chi connectivity index (χ4n) is 4.58. The van der Waals surface area contributed by atoms with Gasteiger partial charge in [0.25, 0.3) is 5.91 Å². The smallest absolute Gasteiger partial charge is 0.412 e. The Bertz CT molecular complexity index is 1740. The number of benzene rings is 2. The first-order valence-corrected chi connectivity index (χ1v) is 15.0. The second kappa shape index (κ2) is 15.3. The van der Waals surface area contributed by atoms with Gasteiger partial charge in [-0.25, -0.2) is 9.59 Å². The first-order valence-electron chi connectivity index (χ1n) is 15.0. The highest BCUT2D eigenvalue weighted by molar-refractivity contribution is 6.06. The number of aromatic nitrogens is 2. The molecule has 6 N–H and O–H groups in total. The number of carbonyl (C=O) groups is 4. The zero-order valence-electron chi connectivity index (χ0n) is 26.7. The van der Waals surface area contributed by atoms with Crippen LogP contribution in [0.25, 0.3) is 0 Å². The molecule has 2 heterocycles. The summed E-state index contributed by atoms with van der Waals surface area (Å²) in [6.07, 6.45) is -6.42. The number of carbonyl (C=O) groups excluding carboxylic acids is 4. The maximum Gasteiger partial charge on any atom is 0.412 e. The molecular weight excluding hydrogens is 650 g/mol. The van der Waals surface area contributed by atoms with Crippen LogP contribution in [0.4, 0.5) is 30.8 Å². The van der Waals surface area contributed by atoms with Crippen LogP contribution in [-0.2, 0) is 25.6 Å². The quantitative estimate of drug-likeness (QED) is 0.174. The first-order chi connectivity index (χ1) is 23.1. The Balaban J connectivity index is 1.23. The molecule has 4 amide bonds. The van der Waals surface area contributed by atoms with Gasteiger partial charge in [-0.2, -0.15) is 13.8 Å². The summed E-state index contributed by atoms with van der Waals surface area (Å²) < 4.78 is 39.3. The lowest BCUT2D eigenvalue weighted by atomic mass is 10.1. The normalized spacial score (nSPS) is 18.3. The number of nitrogens with zero attached hydrogens (tertiary/aromatic N) is 2. The van der Waals surface area contributed by atoms with Gasteiger partial charge in [0.05, 0.1) is 18.0 Å². The second-order valence-electron chi connectivity index (χ2n) is 12.0. The number of alkyl halides is 2. The van der Waals surface area contributed by atoms with Crippen molar-refractivity contribution in [3.8, 4) is 0 Å². The molecule has 3 atom stereocenters. The molecular formula is C32H36F2N6O9. The molecule has 0 spiro atoms. The van der Waals surface area contributed by atoms with Crippen molar-refractivity contribution in [1.82, 2.24) is 14.9 Å². The standard InChI is InChI=1S/C32H36F2N6O9/c1-31(2,3)49-30(47)37-21-7-5-4-6-20(21)36-27(45)19-10-8-18(9-11-19)16-35-24(42)12-13-25(43)38-23-14-15-40(29(46)39-23)28-32(33,34)26(44)22(17-41)48-28/h4-11,14-15,22,26,28,41,44H,12-13,16-17H2,1-3H3,(H,35,42)(H,36,45)(H,37,47)(H,38,39,43,46). The molecule has 0 saturated carbocycles. The maximum atomic E-state index is 14.4. The number of amides is 4. The first kappa shape index (κ1) is 36.6. The minimum absolute atomic E-state index is 0.102. The lowest BCUT2D eigenvalue weighted by Crippen LogP contribution is -2.41. The van der Waals surface area contributed by atoms with E-state index in [-0.39, 0.29) is 25.2 Å². The molecule has 1 aliphatic rings. The third kappa shape index (κ3) is 9.65. The number of halogens is 2. The van der Waals surface area contributed by atoms with E-state index >= 15 is 0 Å². The molecule has 1 fully saturated rings. The van der Waals surface area contributed by atoms with Gasteiger partial charge in [-0.15, -0.1) is 0 Å². The van der Waals surface area contributed by atoms with Crippen molar-refractivity contribution in [2.75, 3.05) is 22.6 Å². The molecule has 2 aromatic carbocycles. The third-order valence-corrected chi connectivity index (χ3v) is 7.01. The van der Waals surface area contributed by atoms with Gasteiger partial charge in [-0.05, 0) is 56.7 Å². The number of aliphatic hydroxyl groups is 2. The Morgan fingerprint density at radius 2 is 1.59 bits per heavy atom. The highest BCUT2D eigenvalue weighted by Crippen LogP contribution is 2.42. The van der Waals surface area contributed by atoms with Crippen molar-refractivity contribution >= 4 is 41.0 Å². The van der Waals surface area contributed by atoms with E-state index in [4.69, 9.17) is 14.6 Å². The highest BCUT2D eigenvalue weighted by atomic mass is 19.3. The predicted molar refractivity (Wildman–Crippen MR) is 171 cm³/mol. The predicted octanol–water partition coefficient (Wildman–Crippen LogP) is 2.76. The van der Waals surface area contributed by atoms with Crippen LogP contribution >= 0.6 is 0 Å². The second-order valence-corrected chi connectivity index (χ2v) is 12.0. The van der Waals surface area contributed by atoms with Crippen LogP contribution in [0.15, 0.2) is 65.6 Å². The van der Waals surface area contributed by atoms with Crippen molar-refractivity contribution in [1.29, 1.82) is 0 Å². The van der Waals surface area contributed by atoms with Gasteiger partial charge in [0.2, 0.25) is 18.0 Å². The number of hydrogen-bond acceptors (Lipinski definition) is 10. The molecule has 0 aliphatic carbocycles. The Morgan fingerprint density at radius 1 is 0.959 bits per heavy atom. The Morgan fingerprint density at radius 3 is 2.18 bits per heavy atom. The summed E-state index contributed by atoms with van der Waals surface area (Å²) in [5.74, 6) is -5.71. The fourth-order valence-corrected chi connectivity index (χ4v) is 4.58. The molecule has 3 aromatic rings. The summed E-state index contributed by atoms with van der Waals surface area (Å²) >= 11 is 0. The van der Waals surface area contributed by atoms with Crippen LogP contribution in [0.1, 0.15) is 55.8 Å². The lowest BCUT2D eigenvalue weighted by molar-refractivity contribution is -0.141. The number of ether oxygens (including phenoxy) is 2. The molecule has 262 valence electrons. The largest absolute Gasteiger partial charge is 0.444 e. The third-order valence-electron chi connectivity index (χ3n) is 7.01. The van der Waals surface area contributed by atoms with Gasteiger partial charge in [0.15, 0.2) is 6.10 Å². The van der Waals surface area contributed by atoms with Crippen LogP contribution in [0.2, 0.25) is 0 Å². The SMILES string of the molecule is CC(C)(C)OC(=O)Nc1ccccc1NC(=O)c1ccc(CNC(=O)CCC(=O)Nc2ccn(C3OC(CO)C(O)C3(F)F)c(=O)n2)cc1. The summed E-state index contributed by atoms with van der Waals surface area (Å²) in [6, 6.07) is 14.1. The molecule has 15 nitrogen and oxygen atoms in total. The van der Waals surface area contributed by atoms with Crippen molar-refractivity contribution in [2.24, 2.45) is 0 Å². The van der Waals surface area contributed by atoms with E-state index in [2.05, 4.69) is 26.3 Å². The summed E-state index contributed by atoms with van der Waals surface area (Å²) in [4.78, 5) is 65.6. The van der Waals surface area contributed by atoms with E-state index in [0.717, 1.165) is 12.3 Å². The van der Waals surface area contributed by atoms with E-state index < -0.39 is 66.1 Å². The Hall–Kier alpha value is -5.26. The maximum absolute atomic E-state index is 14.4. The summed E-state index contributed by atoms with van der Waals surface area (Å²) in [5, 5.41) is 29.1. The van der Waals surface area contributed by atoms with E-state index in [1.54, 1.807) is 69.3 Å². The van der Waals surface area contributed by atoms with Gasteiger partial charge in [-0.3, -0.25) is 24.3 Å². The number of para-hydroxylation sites is 2. The molecule has 1 saturated heterocycles. The Labute approximate surface area is 278 Å². The summed E-state index contributed by atoms with van der Waals surface area (Å²) in [5.41, 5.74) is -0.207. The molecule has 49 heavy (non-hydrogen) atoms. The minimum Gasteiger partial charge on any atom is -0.444 e. The molecule has 3 unspecified atom stereocenters. The van der Waals surface area contributed by atoms with E-state index in [9.17, 15) is 37.9 Å². The van der Waals surface area contributed by atoms with Crippen LogP contribution in [0.3, 0.4) is 0 Å². The number of aliphatic hydroxyl groups excluding tert-OH is 2. The molecule has 4 rings (SSSR count). The minimum atomic E-state index is -3.88. The van der Waals surface area contributed by atoms with Crippen molar-refractivity contribution in [3.63, 3.8) is 0 Å². The number of rotatable bonds is 11. The zero-order chi connectivity index (χ0) is 35.9. The molecule has 1 aromatic heterocycles. The van der Waals surface area contributed by atoms with Crippen molar-refractivity contribution in [2.45, 2.75) is 70.1 Å². The van der Waals surface area contributed by atoms with Crippen LogP contribution in [-0.4, -0.2) is 73.9 Å². The molecule has 1 aliphatic heterocycles. The average molecular weight is 687 g/mol. The number of hydrogen-bond donors (Lipinski definition) is 6.